The summed E-state index contributed by atoms with van der Waals surface area (Å²) in [4.78, 5) is 37.4. The molecule has 4 heterocycles. The van der Waals surface area contributed by atoms with Crippen LogP contribution < -0.4 is 20.7 Å². The van der Waals surface area contributed by atoms with E-state index in [2.05, 4.69) is 49.2 Å². The van der Waals surface area contributed by atoms with Gasteiger partial charge in [0.25, 0.3) is 11.8 Å². The average Bonchev–Trinajstić information content (AvgIpc) is 3.55. The zero-order valence-corrected chi connectivity index (χ0v) is 29.2. The fraction of sp³-hybridized carbons (Fsp3) is 0.436. The Labute approximate surface area is 297 Å². The van der Waals surface area contributed by atoms with Gasteiger partial charge in [0.1, 0.15) is 34.4 Å². The number of piperazine rings is 1. The molecule has 2 fully saturated rings. The average molecular weight is 696 g/mol. The molecule has 7 rings (SSSR count). The number of phenols is 1. The van der Waals surface area contributed by atoms with E-state index in [1.165, 1.54) is 0 Å². The van der Waals surface area contributed by atoms with Gasteiger partial charge in [0, 0.05) is 68.5 Å². The van der Waals surface area contributed by atoms with E-state index in [-0.39, 0.29) is 35.2 Å². The predicted molar refractivity (Wildman–Crippen MR) is 191 cm³/mol. The quantitative estimate of drug-likeness (QED) is 0.179. The first kappa shape index (κ1) is 34.6. The second-order valence-electron chi connectivity index (χ2n) is 14.3. The molecule has 2 aromatic heterocycles. The lowest BCUT2D eigenvalue weighted by atomic mass is 9.91. The van der Waals surface area contributed by atoms with Gasteiger partial charge in [-0.25, -0.2) is 14.4 Å². The molecule has 1 saturated heterocycles. The highest BCUT2D eigenvalue weighted by molar-refractivity contribution is 5.96. The van der Waals surface area contributed by atoms with E-state index in [0.717, 1.165) is 73.7 Å². The molecular weight excluding hydrogens is 649 g/mol. The van der Waals surface area contributed by atoms with Gasteiger partial charge in [0.05, 0.1) is 6.20 Å². The van der Waals surface area contributed by atoms with Crippen molar-refractivity contribution in [2.24, 2.45) is 0 Å². The molecule has 2 aromatic carbocycles. The summed E-state index contributed by atoms with van der Waals surface area (Å²) >= 11 is 0. The van der Waals surface area contributed by atoms with Crippen molar-refractivity contribution in [3.8, 4) is 28.5 Å². The number of aryl methyl sites for hydroxylation is 2. The van der Waals surface area contributed by atoms with Gasteiger partial charge in [0.2, 0.25) is 5.88 Å². The number of amides is 2. The van der Waals surface area contributed by atoms with Crippen LogP contribution in [0.3, 0.4) is 0 Å². The Morgan fingerprint density at radius 2 is 1.69 bits per heavy atom. The van der Waals surface area contributed by atoms with Crippen LogP contribution in [-0.4, -0.2) is 73.6 Å². The van der Waals surface area contributed by atoms with Crippen molar-refractivity contribution in [2.45, 2.75) is 96.1 Å². The van der Waals surface area contributed by atoms with Gasteiger partial charge in [-0.15, -0.1) is 0 Å². The molecule has 0 unspecified atom stereocenters. The van der Waals surface area contributed by atoms with E-state index >= 15 is 0 Å². The number of fused-ring (bicyclic) bond motifs is 1. The van der Waals surface area contributed by atoms with Crippen molar-refractivity contribution in [2.75, 3.05) is 13.1 Å². The fourth-order valence-corrected chi connectivity index (χ4v) is 7.65. The maximum atomic E-state index is 14.4. The molecule has 2 aliphatic heterocycles. The fourth-order valence-electron chi connectivity index (χ4n) is 7.65. The third kappa shape index (κ3) is 8.40. The van der Waals surface area contributed by atoms with Gasteiger partial charge < -0.3 is 30.4 Å². The number of aromatic nitrogens is 3. The second kappa shape index (κ2) is 15.2. The van der Waals surface area contributed by atoms with E-state index in [0.29, 0.717) is 55.8 Å². The summed E-state index contributed by atoms with van der Waals surface area (Å²) in [6, 6.07) is 14.7. The molecule has 2 atom stereocenters. The molecule has 0 spiro atoms. The number of benzene rings is 2. The van der Waals surface area contributed by atoms with Crippen molar-refractivity contribution in [3.63, 3.8) is 0 Å². The lowest BCUT2D eigenvalue weighted by Crippen LogP contribution is -2.53. The van der Waals surface area contributed by atoms with E-state index in [9.17, 15) is 19.1 Å². The molecule has 12 heteroatoms. The van der Waals surface area contributed by atoms with Crippen LogP contribution in [0.15, 0.2) is 60.9 Å². The highest BCUT2D eigenvalue weighted by atomic mass is 19.1. The summed E-state index contributed by atoms with van der Waals surface area (Å²) in [5, 5.41) is 20.4. The van der Waals surface area contributed by atoms with E-state index in [1.54, 1.807) is 12.1 Å². The van der Waals surface area contributed by atoms with Crippen LogP contribution in [0, 0.1) is 5.82 Å². The van der Waals surface area contributed by atoms with Gasteiger partial charge in [-0.3, -0.25) is 14.5 Å². The van der Waals surface area contributed by atoms with Crippen LogP contribution in [0.5, 0.6) is 17.4 Å². The SMILES string of the molecule is C[C@@H]1CN(Cc2cc(-c3cccc(Oc4ncc(F)cc4C(=O)NC4CCC(NC(=O)c5cn6c(n5)CCCC6)CC4)c3)ccc2O)C[C@H](C)N1. The standard InChI is InChI=1S/C39H46FN7O4/c1-24-20-46(21-25(2)42-24)22-28-16-27(9-14-35(28)48)26-6-5-7-32(17-26)51-39-33(18-29(40)19-41-39)37(49)43-30-10-12-31(13-11-30)44-38(50)34-23-47-15-4-3-8-36(47)45-34/h5-7,9,14,16-19,23-25,30-31,42,48H,3-4,8,10-13,15,20-22H2,1-2H3,(H,43,49)(H,44,50)/t24-,25+,30?,31?. The predicted octanol–water partition coefficient (Wildman–Crippen LogP) is 5.57. The number of ether oxygens (including phenoxy) is 1. The van der Waals surface area contributed by atoms with Crippen molar-refractivity contribution < 1.29 is 23.8 Å². The van der Waals surface area contributed by atoms with Gasteiger partial charge in [-0.1, -0.05) is 18.2 Å². The Morgan fingerprint density at radius 1 is 0.961 bits per heavy atom. The third-order valence-corrected chi connectivity index (χ3v) is 10.1. The lowest BCUT2D eigenvalue weighted by Gasteiger charge is -2.36. The number of nitrogens with one attached hydrogen (secondary N) is 3. The third-order valence-electron chi connectivity index (χ3n) is 10.1. The number of hydrogen-bond donors (Lipinski definition) is 4. The monoisotopic (exact) mass is 695 g/mol. The number of carbonyl (C=O) groups excluding carboxylic acids is 2. The van der Waals surface area contributed by atoms with Gasteiger partial charge in [-0.05, 0) is 93.8 Å². The molecule has 4 N–H and O–H groups in total. The number of aromatic hydroxyl groups is 1. The molecule has 4 aromatic rings. The minimum Gasteiger partial charge on any atom is -0.508 e. The van der Waals surface area contributed by atoms with Crippen LogP contribution >= 0.6 is 0 Å². The first-order chi connectivity index (χ1) is 24.7. The highest BCUT2D eigenvalue weighted by Gasteiger charge is 2.27. The number of imidazole rings is 1. The minimum atomic E-state index is -0.640. The molecular formula is C39H46FN7O4. The number of phenolic OH excluding ortho intramolecular Hbond substituents is 1. The van der Waals surface area contributed by atoms with Crippen molar-refractivity contribution in [1.82, 2.24) is 35.4 Å². The molecule has 0 bridgehead atoms. The normalized spacial score (nSPS) is 22.2. The molecule has 0 radical (unpaired) electrons. The van der Waals surface area contributed by atoms with E-state index in [1.807, 2.05) is 36.5 Å². The molecule has 3 aliphatic rings. The molecule has 11 nitrogen and oxygen atoms in total. The summed E-state index contributed by atoms with van der Waals surface area (Å²) in [5.74, 6) is 0.395. The highest BCUT2D eigenvalue weighted by Crippen LogP contribution is 2.32. The number of carbonyl (C=O) groups is 2. The van der Waals surface area contributed by atoms with Crippen LogP contribution in [0.25, 0.3) is 11.1 Å². The molecule has 2 amide bonds. The smallest absolute Gasteiger partial charge is 0.271 e. The van der Waals surface area contributed by atoms with Crippen LogP contribution in [0.4, 0.5) is 4.39 Å². The number of halogens is 1. The Balaban J connectivity index is 0.975. The zero-order valence-electron chi connectivity index (χ0n) is 29.2. The second-order valence-corrected chi connectivity index (χ2v) is 14.3. The molecule has 1 aliphatic carbocycles. The lowest BCUT2D eigenvalue weighted by molar-refractivity contribution is 0.0887. The summed E-state index contributed by atoms with van der Waals surface area (Å²) in [6.07, 6.45) is 8.71. The zero-order chi connectivity index (χ0) is 35.5. The largest absolute Gasteiger partial charge is 0.508 e. The van der Waals surface area contributed by atoms with Crippen molar-refractivity contribution in [1.29, 1.82) is 0 Å². The number of pyridine rings is 1. The van der Waals surface area contributed by atoms with Crippen LogP contribution in [0.1, 0.15) is 84.6 Å². The summed E-state index contributed by atoms with van der Waals surface area (Å²) in [7, 11) is 0. The first-order valence-corrected chi connectivity index (χ1v) is 18.1. The van der Waals surface area contributed by atoms with Crippen molar-refractivity contribution >= 4 is 11.8 Å². The summed E-state index contributed by atoms with van der Waals surface area (Å²) in [6.45, 7) is 7.65. The Bertz CT molecular complexity index is 1860. The summed E-state index contributed by atoms with van der Waals surface area (Å²) in [5.41, 5.74) is 3.07. The molecule has 1 saturated carbocycles. The van der Waals surface area contributed by atoms with Gasteiger partial charge in [0.15, 0.2) is 0 Å². The van der Waals surface area contributed by atoms with Crippen molar-refractivity contribution in [3.05, 3.63) is 89.4 Å². The Morgan fingerprint density at radius 3 is 2.43 bits per heavy atom. The summed E-state index contributed by atoms with van der Waals surface area (Å²) < 4.78 is 22.6. The van der Waals surface area contributed by atoms with Crippen LogP contribution in [-0.2, 0) is 19.5 Å². The number of hydrogen-bond acceptors (Lipinski definition) is 8. The first-order valence-electron chi connectivity index (χ1n) is 18.1. The van der Waals surface area contributed by atoms with Gasteiger partial charge in [-0.2, -0.15) is 0 Å². The van der Waals surface area contributed by atoms with Crippen LogP contribution in [0.2, 0.25) is 0 Å². The Hall–Kier alpha value is -4.81. The number of nitrogens with zero attached hydrogens (tertiary/aromatic N) is 4. The maximum Gasteiger partial charge on any atom is 0.271 e. The topological polar surface area (TPSA) is 134 Å². The molecule has 268 valence electrons. The van der Waals surface area contributed by atoms with Gasteiger partial charge >= 0.3 is 0 Å². The maximum absolute atomic E-state index is 14.4. The molecule has 51 heavy (non-hydrogen) atoms. The van der Waals surface area contributed by atoms with E-state index in [4.69, 9.17) is 4.74 Å². The minimum absolute atomic E-state index is 0.00288. The van der Waals surface area contributed by atoms with E-state index < -0.39 is 11.7 Å². The number of rotatable bonds is 9. The Kier molecular flexibility index (Phi) is 10.3.